The van der Waals surface area contributed by atoms with E-state index in [4.69, 9.17) is 37.7 Å². The predicted octanol–water partition coefficient (Wildman–Crippen LogP) is 19.2. The summed E-state index contributed by atoms with van der Waals surface area (Å²) in [6.45, 7) is 6.94. The third-order valence-corrected chi connectivity index (χ3v) is 34.1. The predicted molar refractivity (Wildman–Crippen MR) is 476 cm³/mol. The van der Waals surface area contributed by atoms with Crippen molar-refractivity contribution in [2.75, 3.05) is 130 Å². The maximum absolute atomic E-state index is 15.2. The first-order valence-corrected chi connectivity index (χ1v) is 56.1. The lowest BCUT2D eigenvalue weighted by molar-refractivity contribution is -0.374. The fraction of sp³-hybridized carbons (Fsp3) is 0.727. The summed E-state index contributed by atoms with van der Waals surface area (Å²) in [6, 6.07) is 16.5. The molecule has 0 saturated heterocycles. The largest absolute Gasteiger partial charge is 0.790 e. The molecule has 0 bridgehead atoms. The smallest absolute Gasteiger partial charge is 0.471 e. The maximum atomic E-state index is 15.2. The minimum absolute atomic E-state index is 0.00147. The first kappa shape index (κ1) is 116. The summed E-state index contributed by atoms with van der Waals surface area (Å²) >= 11 is 0. The fourth-order valence-corrected chi connectivity index (χ4v) is 24.7. The Morgan fingerprint density at radius 1 is 0.459 bits per heavy atom. The molecule has 0 heterocycles. The van der Waals surface area contributed by atoms with Gasteiger partial charge in [0, 0.05) is 131 Å². The lowest BCUT2D eigenvalue weighted by atomic mass is 9.55. The highest BCUT2D eigenvalue weighted by atomic mass is 33.1. The van der Waals surface area contributed by atoms with Gasteiger partial charge in [-0.25, -0.2) is 22.1 Å². The molecule has 4 aromatic carbocycles. The minimum Gasteiger partial charge on any atom is -0.790 e. The molecule has 4 fully saturated rings. The van der Waals surface area contributed by atoms with E-state index < -0.39 is 123 Å². The number of phosphoric ester groups is 4. The first-order valence-electron chi connectivity index (χ1n) is 45.2. The Balaban J connectivity index is 0.000000303. The zero-order chi connectivity index (χ0) is 98.9. The molecule has 3 N–H and O–H groups in total. The molecule has 0 spiro atoms. The lowest BCUT2D eigenvalue weighted by Gasteiger charge is -2.50. The SMILES string of the molecule is COP(=O)(O)OCC(CCCOCCSSCCCNCc1c(F)cc(Oc2ccc3c(c2)CCC2C3CCC3(C)C(OCCCOC(C)(C)C(F)(F)F)CCC23)cc1F)COP(=O)([O-])[O-].COP(=O)([O-])OCC(CCCOCCSSCCCNCc1c(F)cc(Oc2ccc3c(c2)CCC2C3CCC3(C)C(OCCCOC(C)(C(F)(F)F)C(F)(F)F)CCC23)cc1F)COP(=O)([O-])[O-]. The second-order valence-electron chi connectivity index (χ2n) is 35.8. The Bertz CT molecular complexity index is 4500. The molecular weight excluding hydrogens is 1970 g/mol. The number of hydrogen-bond acceptors (Lipinski definition) is 29. The van der Waals surface area contributed by atoms with Gasteiger partial charge < -0.3 is 105 Å². The van der Waals surface area contributed by atoms with E-state index in [9.17, 15) is 87.1 Å². The number of rotatable bonds is 58. The van der Waals surface area contributed by atoms with Gasteiger partial charge in [-0.05, 0) is 255 Å². The van der Waals surface area contributed by atoms with Gasteiger partial charge >= 0.3 is 26.4 Å². The molecule has 4 aromatic rings. The average Bonchev–Trinajstić information content (AvgIpc) is 1.61. The maximum Gasteiger partial charge on any atom is 0.471 e. The van der Waals surface area contributed by atoms with Crippen LogP contribution in [0.5, 0.6) is 23.0 Å². The summed E-state index contributed by atoms with van der Waals surface area (Å²) in [6.07, 6.45) is -1.54. The molecule has 135 heavy (non-hydrogen) atoms. The minimum atomic E-state index is -5.61. The standard InChI is InChI=1S/C44H63F8NO12P2S2.C44H66F5NO12P2S2/c1-41-15-14-34-33-11-9-31(23-30(33)8-10-35(34)37(41)12-13-40(41)61-18-6-19-62-42(2,43(47,48)49)44(50,51)52)65-32-24-38(45)36(39(46)25-32)26-53-16-5-21-68-69-22-20-60-17-4-7-29(27-63-66(54,55)56)28-64-67(57,58)59-3;1-42(2,44(47,48)49)59-20-7-19-58-41-14-13-38-36-11-9-31-24-32(10-12-34(31)35(36)15-16-43(38,41)3)62-33-25-39(45)37(40(46)26-33)27-50-17-6-22-65-66-23-21-57-18-5-8-30(28-60-63(51,52)53)29-61-64(54,55)56-4/h9,11,23-25,29,34-35,37,40,53H,4-8,10,12-22,26-28H2,1-3H3,(H,57,58)(H2,54,55,56);10,12,24-26,30,35-36,38,41,50H,5-9,11,13-23,27-29H2,1-4H3,(H,54,55)(H2,51,52,53)/p-5. The van der Waals surface area contributed by atoms with Crippen molar-refractivity contribution in [1.82, 2.24) is 10.6 Å². The topological polar surface area (TPSA) is 357 Å². The van der Waals surface area contributed by atoms with Crippen molar-refractivity contribution >= 4 is 74.5 Å². The lowest BCUT2D eigenvalue weighted by Crippen LogP contribution is -2.56. The van der Waals surface area contributed by atoms with E-state index in [1.807, 2.05) is 30.3 Å². The van der Waals surface area contributed by atoms with Crippen molar-refractivity contribution in [1.29, 1.82) is 0 Å². The van der Waals surface area contributed by atoms with Crippen LogP contribution in [0.1, 0.15) is 195 Å². The first-order chi connectivity index (χ1) is 63.5. The van der Waals surface area contributed by atoms with Crippen LogP contribution in [-0.4, -0.2) is 176 Å². The number of aryl methyl sites for hydroxylation is 2. The molecule has 0 aromatic heterocycles. The van der Waals surface area contributed by atoms with E-state index in [-0.39, 0.29) is 104 Å². The fourth-order valence-electron chi connectivity index (χ4n) is 19.0. The van der Waals surface area contributed by atoms with Crippen LogP contribution in [-0.2, 0) is 99.8 Å². The van der Waals surface area contributed by atoms with Crippen molar-refractivity contribution in [2.24, 2.45) is 46.3 Å². The van der Waals surface area contributed by atoms with Crippen LogP contribution < -0.4 is 44.6 Å². The monoisotopic (exact) mass is 2090 g/mol. The number of halogens is 13. The van der Waals surface area contributed by atoms with Gasteiger partial charge in [-0.15, -0.1) is 0 Å². The Morgan fingerprint density at radius 3 is 1.25 bits per heavy atom. The summed E-state index contributed by atoms with van der Waals surface area (Å²) in [4.78, 5) is 64.1. The van der Waals surface area contributed by atoms with Gasteiger partial charge in [-0.2, -0.15) is 39.5 Å². The van der Waals surface area contributed by atoms with Crippen LogP contribution in [0.15, 0.2) is 60.7 Å². The Labute approximate surface area is 796 Å². The van der Waals surface area contributed by atoms with Gasteiger partial charge in [-0.1, -0.05) is 69.2 Å². The quantitative estimate of drug-likeness (QED) is 0.0160. The summed E-state index contributed by atoms with van der Waals surface area (Å²) in [7, 11) is -10.9. The van der Waals surface area contributed by atoms with Crippen molar-refractivity contribution in [3.05, 3.63) is 117 Å². The summed E-state index contributed by atoms with van der Waals surface area (Å²) in [5.41, 5.74) is -1.96. The Hall–Kier alpha value is -2.91. The van der Waals surface area contributed by atoms with Crippen molar-refractivity contribution < 1.29 is 170 Å². The molecule has 6 aliphatic rings. The van der Waals surface area contributed by atoms with Gasteiger partial charge in [0.25, 0.3) is 13.4 Å². The molecule has 14 atom stereocenters. The van der Waals surface area contributed by atoms with Crippen LogP contribution in [0.2, 0.25) is 0 Å². The molecular formula is C88H124F13N2O24P4S4-5. The van der Waals surface area contributed by atoms with E-state index in [2.05, 4.69) is 57.9 Å². The van der Waals surface area contributed by atoms with Gasteiger partial charge in [0.15, 0.2) is 5.60 Å². The van der Waals surface area contributed by atoms with E-state index in [1.54, 1.807) is 43.2 Å². The number of fused-ring (bicyclic) bond motifs is 10. The molecule has 14 unspecified atom stereocenters. The van der Waals surface area contributed by atoms with Crippen LogP contribution in [0.4, 0.5) is 57.1 Å². The van der Waals surface area contributed by atoms with Gasteiger partial charge in [0.2, 0.25) is 0 Å². The highest BCUT2D eigenvalue weighted by Crippen LogP contribution is 2.64. The van der Waals surface area contributed by atoms with E-state index in [0.29, 0.717) is 124 Å². The molecule has 0 amide bonds. The molecule has 26 nitrogen and oxygen atoms in total. The highest BCUT2D eigenvalue weighted by molar-refractivity contribution is 8.77. The summed E-state index contributed by atoms with van der Waals surface area (Å²) in [5.74, 6) is 2.19. The summed E-state index contributed by atoms with van der Waals surface area (Å²) in [5, 5.41) is 6.18. The molecule has 47 heteroatoms. The number of phosphoric acid groups is 4. The van der Waals surface area contributed by atoms with Gasteiger partial charge in [0.05, 0.1) is 74.1 Å². The van der Waals surface area contributed by atoms with Gasteiger partial charge in [0.1, 0.15) is 46.3 Å². The van der Waals surface area contributed by atoms with Crippen molar-refractivity contribution in [3.8, 4) is 23.0 Å². The zero-order valence-corrected chi connectivity index (χ0v) is 83.3. The van der Waals surface area contributed by atoms with E-state index in [0.717, 1.165) is 135 Å². The second kappa shape index (κ2) is 52.7. The van der Waals surface area contributed by atoms with Crippen LogP contribution in [0.25, 0.3) is 0 Å². The van der Waals surface area contributed by atoms with E-state index in [1.165, 1.54) is 41.0 Å². The molecule has 0 aliphatic heterocycles. The normalized spacial score (nSPS) is 23.4. The number of ether oxygens (including phenoxy) is 8. The third kappa shape index (κ3) is 34.9. The molecule has 6 aliphatic carbocycles. The molecule has 10 rings (SSSR count). The molecule has 4 saturated carbocycles. The number of alkyl halides is 9. The van der Waals surface area contributed by atoms with Crippen molar-refractivity contribution in [3.63, 3.8) is 0 Å². The molecule has 770 valence electrons. The number of hydrogen-bond donors (Lipinski definition) is 3. The number of benzene rings is 4. The van der Waals surface area contributed by atoms with Crippen LogP contribution in [0, 0.1) is 69.6 Å². The Kier molecular flexibility index (Phi) is 45.2. The Morgan fingerprint density at radius 2 is 0.859 bits per heavy atom. The van der Waals surface area contributed by atoms with E-state index >= 15 is 17.6 Å². The summed E-state index contributed by atoms with van der Waals surface area (Å²) < 4.78 is 295. The average molecular weight is 2090 g/mol. The highest BCUT2D eigenvalue weighted by Gasteiger charge is 2.69. The van der Waals surface area contributed by atoms with Gasteiger partial charge in [-0.3, -0.25) is 13.6 Å². The molecule has 0 radical (unpaired) electrons. The van der Waals surface area contributed by atoms with Crippen molar-refractivity contribution in [2.45, 2.75) is 230 Å². The van der Waals surface area contributed by atoms with Crippen LogP contribution >= 0.6 is 74.5 Å². The van der Waals surface area contributed by atoms with Crippen LogP contribution in [0.3, 0.4) is 0 Å². The zero-order valence-electron chi connectivity index (χ0n) is 76.5. The second-order valence-corrected chi connectivity index (χ2v) is 46.6. The third-order valence-electron chi connectivity index (χ3n) is 26.4. The number of nitrogens with one attached hydrogen (secondary N) is 2.